The van der Waals surface area contributed by atoms with Crippen LogP contribution in [0.15, 0.2) is 42.7 Å². The van der Waals surface area contributed by atoms with E-state index in [1.54, 1.807) is 11.2 Å². The third-order valence-electron chi connectivity index (χ3n) is 6.27. The van der Waals surface area contributed by atoms with Gasteiger partial charge in [0.05, 0.1) is 12.5 Å². The van der Waals surface area contributed by atoms with Gasteiger partial charge >= 0.3 is 5.97 Å². The molecule has 1 saturated carbocycles. The van der Waals surface area contributed by atoms with Crippen LogP contribution >= 0.6 is 0 Å². The van der Waals surface area contributed by atoms with Crippen LogP contribution in [0.1, 0.15) is 60.1 Å². The van der Waals surface area contributed by atoms with Crippen molar-refractivity contribution in [2.75, 3.05) is 4.90 Å². The summed E-state index contributed by atoms with van der Waals surface area (Å²) < 4.78 is 1.95. The number of rotatable bonds is 5. The van der Waals surface area contributed by atoms with E-state index in [4.69, 9.17) is 10.1 Å². The lowest BCUT2D eigenvalue weighted by Gasteiger charge is -2.32. The largest absolute Gasteiger partial charge is 0.481 e. The van der Waals surface area contributed by atoms with Gasteiger partial charge in [-0.05, 0) is 61.9 Å². The minimum atomic E-state index is -0.737. The van der Waals surface area contributed by atoms with Crippen molar-refractivity contribution in [2.45, 2.75) is 45.2 Å². The van der Waals surface area contributed by atoms with Crippen molar-refractivity contribution in [3.63, 3.8) is 0 Å². The molecule has 0 saturated heterocycles. The van der Waals surface area contributed by atoms with Crippen molar-refractivity contribution in [2.24, 2.45) is 5.92 Å². The van der Waals surface area contributed by atoms with Gasteiger partial charge in [0.2, 0.25) is 0 Å². The Morgan fingerprint density at radius 1 is 1.19 bits per heavy atom. The van der Waals surface area contributed by atoms with Gasteiger partial charge in [0, 0.05) is 11.6 Å². The second-order valence-electron chi connectivity index (χ2n) is 8.55. The zero-order valence-corrected chi connectivity index (χ0v) is 17.4. The highest BCUT2D eigenvalue weighted by atomic mass is 16.4. The Bertz CT molecular complexity index is 1180. The number of amides is 1. The van der Waals surface area contributed by atoms with Crippen molar-refractivity contribution < 1.29 is 14.7 Å². The lowest BCUT2D eigenvalue weighted by molar-refractivity contribution is -0.145. The number of carboxylic acids is 1. The maximum absolute atomic E-state index is 13.2. The van der Waals surface area contributed by atoms with Gasteiger partial charge < -0.3 is 9.67 Å². The highest BCUT2D eigenvalue weighted by Crippen LogP contribution is 2.43. The number of nitrogens with zero attached hydrogens (tertiary/aromatic N) is 5. The van der Waals surface area contributed by atoms with E-state index in [0.29, 0.717) is 42.3 Å². The van der Waals surface area contributed by atoms with Crippen molar-refractivity contribution in [3.05, 3.63) is 59.4 Å². The second kappa shape index (κ2) is 7.30. The summed E-state index contributed by atoms with van der Waals surface area (Å²) in [5.74, 6) is 0.358. The summed E-state index contributed by atoms with van der Waals surface area (Å²) in [6.07, 6.45) is 2.94. The van der Waals surface area contributed by atoms with Crippen LogP contribution in [0, 0.1) is 5.92 Å². The molecule has 1 fully saturated rings. The third-order valence-corrected chi connectivity index (χ3v) is 6.27. The number of anilines is 1. The van der Waals surface area contributed by atoms with Crippen LogP contribution in [0.2, 0.25) is 0 Å². The van der Waals surface area contributed by atoms with E-state index in [1.165, 1.54) is 0 Å². The number of aliphatic carboxylic acids is 1. The Labute approximate surface area is 179 Å². The third kappa shape index (κ3) is 3.28. The first-order valence-electron chi connectivity index (χ1n) is 10.5. The van der Waals surface area contributed by atoms with Gasteiger partial charge in [0.1, 0.15) is 17.8 Å². The number of carbonyl (C=O) groups is 2. The fraction of sp³-hybridized carbons (Fsp3) is 0.348. The Hall–Kier alpha value is -3.55. The van der Waals surface area contributed by atoms with Gasteiger partial charge in [-0.25, -0.2) is 4.98 Å². The van der Waals surface area contributed by atoms with Crippen LogP contribution in [-0.2, 0) is 11.3 Å². The molecule has 3 heterocycles. The average Bonchev–Trinajstić information content (AvgIpc) is 3.32. The number of carboxylic acid groups (broad SMARTS) is 1. The molecule has 1 aliphatic heterocycles. The predicted octanol–water partition coefficient (Wildman–Crippen LogP) is 3.66. The Balaban J connectivity index is 1.40. The SMILES string of the molecule is CC(C)n1cnnc1-c1cccc(N2Cc3ccc(C4CC(C(=O)O)C4)cc3C2=O)n1. The lowest BCUT2D eigenvalue weighted by atomic mass is 9.71. The summed E-state index contributed by atoms with van der Waals surface area (Å²) >= 11 is 0. The molecular formula is C23H23N5O3. The lowest BCUT2D eigenvalue weighted by Crippen LogP contribution is -2.28. The highest BCUT2D eigenvalue weighted by Gasteiger charge is 2.37. The quantitative estimate of drug-likeness (QED) is 0.680. The Morgan fingerprint density at radius 3 is 2.74 bits per heavy atom. The molecule has 8 nitrogen and oxygen atoms in total. The molecule has 0 spiro atoms. The molecule has 1 aromatic carbocycles. The van der Waals surface area contributed by atoms with E-state index in [2.05, 4.69) is 24.0 Å². The highest BCUT2D eigenvalue weighted by molar-refractivity contribution is 6.09. The fourth-order valence-electron chi connectivity index (χ4n) is 4.35. The molecule has 0 unspecified atom stereocenters. The van der Waals surface area contributed by atoms with Gasteiger partial charge in [-0.1, -0.05) is 18.2 Å². The molecule has 5 rings (SSSR count). The zero-order valence-electron chi connectivity index (χ0n) is 17.4. The van der Waals surface area contributed by atoms with E-state index in [1.807, 2.05) is 41.0 Å². The molecule has 2 aliphatic rings. The molecular weight excluding hydrogens is 394 g/mol. The van der Waals surface area contributed by atoms with Gasteiger partial charge in [0.25, 0.3) is 5.91 Å². The van der Waals surface area contributed by atoms with E-state index in [9.17, 15) is 9.59 Å². The van der Waals surface area contributed by atoms with Crippen LogP contribution in [0.3, 0.4) is 0 Å². The molecule has 1 N–H and O–H groups in total. The van der Waals surface area contributed by atoms with Gasteiger partial charge in [-0.2, -0.15) is 0 Å². The van der Waals surface area contributed by atoms with Crippen LogP contribution in [0.5, 0.6) is 0 Å². The molecule has 0 bridgehead atoms. The molecule has 158 valence electrons. The van der Waals surface area contributed by atoms with Crippen LogP contribution in [0.25, 0.3) is 11.5 Å². The molecule has 0 radical (unpaired) electrons. The molecule has 1 amide bonds. The van der Waals surface area contributed by atoms with Crippen molar-refractivity contribution in [1.82, 2.24) is 19.7 Å². The van der Waals surface area contributed by atoms with E-state index in [0.717, 1.165) is 11.1 Å². The summed E-state index contributed by atoms with van der Waals surface area (Å²) in [6.45, 7) is 4.57. The minimum Gasteiger partial charge on any atom is -0.481 e. The average molecular weight is 417 g/mol. The summed E-state index contributed by atoms with van der Waals surface area (Å²) in [7, 11) is 0. The number of hydrogen-bond acceptors (Lipinski definition) is 5. The first-order valence-corrected chi connectivity index (χ1v) is 10.5. The number of fused-ring (bicyclic) bond motifs is 1. The monoisotopic (exact) mass is 417 g/mol. The second-order valence-corrected chi connectivity index (χ2v) is 8.55. The molecule has 8 heteroatoms. The number of carbonyl (C=O) groups excluding carboxylic acids is 1. The van der Waals surface area contributed by atoms with E-state index < -0.39 is 5.97 Å². The van der Waals surface area contributed by atoms with E-state index in [-0.39, 0.29) is 23.8 Å². The number of aromatic nitrogens is 4. The number of pyridine rings is 1. The van der Waals surface area contributed by atoms with Crippen molar-refractivity contribution in [3.8, 4) is 11.5 Å². The van der Waals surface area contributed by atoms with Crippen LogP contribution < -0.4 is 4.90 Å². The van der Waals surface area contributed by atoms with Gasteiger partial charge in [-0.15, -0.1) is 10.2 Å². The Kier molecular flexibility index (Phi) is 4.57. The standard InChI is InChI=1S/C23H23N5O3/c1-13(2)28-12-24-26-21(28)19-4-3-5-20(25-19)27-11-15-7-6-14(10-18(15)22(27)29)16-8-17(9-16)23(30)31/h3-7,10,12-13,16-17H,8-9,11H2,1-2H3,(H,30,31). The van der Waals surface area contributed by atoms with Crippen LogP contribution in [-0.4, -0.2) is 36.7 Å². The first-order chi connectivity index (χ1) is 14.9. The molecule has 31 heavy (non-hydrogen) atoms. The molecule has 1 aliphatic carbocycles. The normalized spacial score (nSPS) is 20.1. The molecule has 3 aromatic rings. The fourth-order valence-corrected chi connectivity index (χ4v) is 4.35. The van der Waals surface area contributed by atoms with Crippen molar-refractivity contribution >= 4 is 17.7 Å². The Morgan fingerprint density at radius 2 is 2.00 bits per heavy atom. The summed E-state index contributed by atoms with van der Waals surface area (Å²) in [6, 6.07) is 11.7. The smallest absolute Gasteiger partial charge is 0.306 e. The summed E-state index contributed by atoms with van der Waals surface area (Å²) in [5.41, 5.74) is 3.34. The van der Waals surface area contributed by atoms with Crippen molar-refractivity contribution in [1.29, 1.82) is 0 Å². The van der Waals surface area contributed by atoms with E-state index >= 15 is 0 Å². The maximum Gasteiger partial charge on any atom is 0.306 e. The maximum atomic E-state index is 13.2. The minimum absolute atomic E-state index is 0.0825. The number of hydrogen-bond donors (Lipinski definition) is 1. The topological polar surface area (TPSA) is 101 Å². The number of benzene rings is 1. The first kappa shape index (κ1) is 19.4. The van der Waals surface area contributed by atoms with Gasteiger partial charge in [0.15, 0.2) is 5.82 Å². The summed E-state index contributed by atoms with van der Waals surface area (Å²) in [4.78, 5) is 30.7. The van der Waals surface area contributed by atoms with Crippen LogP contribution in [0.4, 0.5) is 5.82 Å². The summed E-state index contributed by atoms with van der Waals surface area (Å²) in [5, 5.41) is 17.3. The molecule has 0 atom stereocenters. The zero-order chi connectivity index (χ0) is 21.7. The molecule has 2 aromatic heterocycles. The predicted molar refractivity (Wildman–Crippen MR) is 114 cm³/mol. The van der Waals surface area contributed by atoms with Gasteiger partial charge in [-0.3, -0.25) is 14.5 Å².